The predicted molar refractivity (Wildman–Crippen MR) is 115 cm³/mol. The van der Waals surface area contributed by atoms with Crippen LogP contribution in [-0.4, -0.2) is 38.6 Å². The molecule has 0 spiro atoms. The maximum absolute atomic E-state index is 13.3. The van der Waals surface area contributed by atoms with Gasteiger partial charge in [0.05, 0.1) is 18.7 Å². The molecule has 1 fully saturated rings. The fourth-order valence-corrected chi connectivity index (χ4v) is 3.90. The number of halogens is 3. The van der Waals surface area contributed by atoms with Crippen LogP contribution in [0.5, 0.6) is 11.5 Å². The molecule has 2 heterocycles. The van der Waals surface area contributed by atoms with Crippen molar-refractivity contribution in [1.29, 1.82) is 0 Å². The van der Waals surface area contributed by atoms with E-state index < -0.39 is 11.7 Å². The lowest BCUT2D eigenvalue weighted by atomic mass is 9.85. The van der Waals surface area contributed by atoms with E-state index in [-0.39, 0.29) is 37.0 Å². The molecule has 2 aliphatic heterocycles. The molecule has 0 radical (unpaired) electrons. The molecule has 0 bridgehead atoms. The number of carbonyl (C=O) groups is 1. The van der Waals surface area contributed by atoms with Crippen molar-refractivity contribution in [2.45, 2.75) is 25.1 Å². The van der Waals surface area contributed by atoms with Crippen LogP contribution in [0, 0.1) is 0 Å². The van der Waals surface area contributed by atoms with Gasteiger partial charge in [-0.2, -0.15) is 13.2 Å². The van der Waals surface area contributed by atoms with E-state index in [4.69, 9.17) is 14.2 Å². The molecule has 174 valence electrons. The Balaban J connectivity index is 1.60. The van der Waals surface area contributed by atoms with Crippen LogP contribution in [0.1, 0.15) is 29.0 Å². The summed E-state index contributed by atoms with van der Waals surface area (Å²) >= 11 is 0. The second-order valence-corrected chi connectivity index (χ2v) is 7.64. The number of alkyl halides is 3. The van der Waals surface area contributed by atoms with Crippen molar-refractivity contribution in [3.8, 4) is 11.5 Å². The zero-order valence-electron chi connectivity index (χ0n) is 17.9. The molecule has 9 heteroatoms. The second-order valence-electron chi connectivity index (χ2n) is 7.64. The number of benzene rings is 2. The van der Waals surface area contributed by atoms with E-state index in [1.807, 2.05) is 6.08 Å². The highest BCUT2D eigenvalue weighted by Crippen LogP contribution is 2.39. The second kappa shape index (κ2) is 9.66. The normalized spacial score (nSPS) is 17.7. The van der Waals surface area contributed by atoms with E-state index in [2.05, 4.69) is 10.3 Å². The number of rotatable bonds is 8. The van der Waals surface area contributed by atoms with E-state index in [1.165, 1.54) is 18.2 Å². The highest BCUT2D eigenvalue weighted by molar-refractivity contribution is 6.12. The smallest absolute Gasteiger partial charge is 0.416 e. The number of nitrogens with one attached hydrogen (secondary N) is 1. The van der Waals surface area contributed by atoms with Gasteiger partial charge in [-0.15, -0.1) is 0 Å². The summed E-state index contributed by atoms with van der Waals surface area (Å²) in [7, 11) is 1.54. The standard InChI is InChI=1S/C24H23F3N2O4/c1-31-10-11-32-21-12-15(18-13-22(30)29-23-17(18)8-9-28-23)6-7-20(21)33-14-16-4-2-3-5-19(16)24(25,26)27/h2-8,12,18H,9-11,13-14H2,1H3,(H,28,29,30). The van der Waals surface area contributed by atoms with Gasteiger partial charge in [0.2, 0.25) is 5.91 Å². The number of hydrogen-bond donors (Lipinski definition) is 1. The number of carbonyl (C=O) groups excluding carboxylic acids is 1. The van der Waals surface area contributed by atoms with Crippen LogP contribution < -0.4 is 14.8 Å². The summed E-state index contributed by atoms with van der Waals surface area (Å²) in [5, 5.41) is 2.78. The first kappa shape index (κ1) is 22.8. The van der Waals surface area contributed by atoms with Gasteiger partial charge in [-0.1, -0.05) is 30.3 Å². The van der Waals surface area contributed by atoms with Crippen molar-refractivity contribution < 1.29 is 32.2 Å². The third-order valence-electron chi connectivity index (χ3n) is 5.48. The summed E-state index contributed by atoms with van der Waals surface area (Å²) in [6, 6.07) is 10.5. The number of amidine groups is 1. The first-order valence-corrected chi connectivity index (χ1v) is 10.4. The summed E-state index contributed by atoms with van der Waals surface area (Å²) in [5.41, 5.74) is 1.07. The number of amides is 1. The number of methoxy groups -OCH3 is 1. The maximum Gasteiger partial charge on any atom is 0.416 e. The summed E-state index contributed by atoms with van der Waals surface area (Å²) in [6.07, 6.45) is -2.23. The van der Waals surface area contributed by atoms with Crippen LogP contribution in [0.3, 0.4) is 0 Å². The Kier molecular flexibility index (Phi) is 6.69. The quantitative estimate of drug-likeness (QED) is 0.598. The Morgan fingerprint density at radius 1 is 1.09 bits per heavy atom. The monoisotopic (exact) mass is 460 g/mol. The fraction of sp³-hybridized carbons (Fsp3) is 0.333. The van der Waals surface area contributed by atoms with E-state index in [1.54, 1.807) is 25.3 Å². The number of nitrogens with zero attached hydrogens (tertiary/aromatic N) is 1. The highest BCUT2D eigenvalue weighted by Gasteiger charge is 2.34. The van der Waals surface area contributed by atoms with Crippen LogP contribution in [-0.2, 0) is 22.3 Å². The zero-order chi connectivity index (χ0) is 23.4. The third-order valence-corrected chi connectivity index (χ3v) is 5.48. The largest absolute Gasteiger partial charge is 0.487 e. The van der Waals surface area contributed by atoms with Crippen LogP contribution in [0.2, 0.25) is 0 Å². The number of hydrogen-bond acceptors (Lipinski definition) is 5. The van der Waals surface area contributed by atoms with Crippen LogP contribution in [0.4, 0.5) is 13.2 Å². The van der Waals surface area contributed by atoms with Crippen LogP contribution in [0.25, 0.3) is 0 Å². The lowest BCUT2D eigenvalue weighted by Crippen LogP contribution is -2.38. The minimum Gasteiger partial charge on any atom is -0.487 e. The summed E-state index contributed by atoms with van der Waals surface area (Å²) in [6.45, 7) is 0.798. The molecular formula is C24H23F3N2O4. The lowest BCUT2D eigenvalue weighted by molar-refractivity contribution is -0.138. The van der Waals surface area contributed by atoms with E-state index in [0.717, 1.165) is 17.2 Å². The molecule has 1 saturated heterocycles. The molecule has 1 atom stereocenters. The zero-order valence-corrected chi connectivity index (χ0v) is 17.9. The highest BCUT2D eigenvalue weighted by atomic mass is 19.4. The van der Waals surface area contributed by atoms with Crippen molar-refractivity contribution in [2.24, 2.45) is 4.99 Å². The number of ether oxygens (including phenoxy) is 3. The van der Waals surface area contributed by atoms with Gasteiger partial charge < -0.3 is 19.5 Å². The van der Waals surface area contributed by atoms with Gasteiger partial charge in [-0.05, 0) is 23.8 Å². The number of aliphatic imine (C=N–C) groups is 1. The van der Waals surface area contributed by atoms with Gasteiger partial charge in [0.15, 0.2) is 11.5 Å². The lowest BCUT2D eigenvalue weighted by Gasteiger charge is -2.26. The van der Waals surface area contributed by atoms with Crippen LogP contribution in [0.15, 0.2) is 59.1 Å². The Bertz CT molecular complexity index is 1100. The van der Waals surface area contributed by atoms with Gasteiger partial charge >= 0.3 is 6.18 Å². The van der Waals surface area contributed by atoms with E-state index in [0.29, 0.717) is 30.5 Å². The van der Waals surface area contributed by atoms with E-state index >= 15 is 0 Å². The first-order chi connectivity index (χ1) is 15.9. The number of piperidine rings is 1. The van der Waals surface area contributed by atoms with Crippen LogP contribution >= 0.6 is 0 Å². The molecule has 1 unspecified atom stereocenters. The van der Waals surface area contributed by atoms with Crippen molar-refractivity contribution in [1.82, 2.24) is 5.32 Å². The molecule has 6 nitrogen and oxygen atoms in total. The molecule has 0 aromatic heterocycles. The Labute approximate surface area is 189 Å². The topological polar surface area (TPSA) is 69.2 Å². The molecule has 33 heavy (non-hydrogen) atoms. The fourth-order valence-electron chi connectivity index (χ4n) is 3.90. The third kappa shape index (κ3) is 5.19. The molecule has 2 aliphatic rings. The molecule has 4 rings (SSSR count). The maximum atomic E-state index is 13.3. The average molecular weight is 460 g/mol. The summed E-state index contributed by atoms with van der Waals surface area (Å²) in [5.74, 6) is 0.953. The first-order valence-electron chi connectivity index (χ1n) is 10.4. The van der Waals surface area contributed by atoms with Crippen molar-refractivity contribution in [3.63, 3.8) is 0 Å². The predicted octanol–water partition coefficient (Wildman–Crippen LogP) is 4.25. The Morgan fingerprint density at radius 3 is 2.70 bits per heavy atom. The Morgan fingerprint density at radius 2 is 1.91 bits per heavy atom. The molecule has 1 amide bonds. The summed E-state index contributed by atoms with van der Waals surface area (Å²) < 4.78 is 56.5. The van der Waals surface area contributed by atoms with Crippen molar-refractivity contribution in [3.05, 3.63) is 70.8 Å². The average Bonchev–Trinajstić information content (AvgIpc) is 3.25. The molecule has 2 aromatic carbocycles. The molecule has 0 aliphatic carbocycles. The van der Waals surface area contributed by atoms with Gasteiger partial charge in [0.1, 0.15) is 19.0 Å². The molecule has 0 saturated carbocycles. The molecule has 2 aromatic rings. The molecule has 1 N–H and O–H groups in total. The molecular weight excluding hydrogens is 437 g/mol. The van der Waals surface area contributed by atoms with Crippen molar-refractivity contribution in [2.75, 3.05) is 26.9 Å². The van der Waals surface area contributed by atoms with Crippen molar-refractivity contribution >= 4 is 11.7 Å². The Hall–Kier alpha value is -3.33. The van der Waals surface area contributed by atoms with Gasteiger partial charge in [0.25, 0.3) is 0 Å². The van der Waals surface area contributed by atoms with Gasteiger partial charge in [0, 0.05) is 30.6 Å². The minimum absolute atomic E-state index is 0.0258. The SMILES string of the molecule is COCCOc1cc(C2CC(=O)NC3=NCC=C32)ccc1OCc1ccccc1C(F)(F)F. The van der Waals surface area contributed by atoms with Gasteiger partial charge in [-0.3, -0.25) is 9.79 Å². The number of fused-ring (bicyclic) bond motifs is 1. The summed E-state index contributed by atoms with van der Waals surface area (Å²) in [4.78, 5) is 16.4. The van der Waals surface area contributed by atoms with Gasteiger partial charge in [-0.25, -0.2) is 0 Å². The minimum atomic E-state index is -4.47. The van der Waals surface area contributed by atoms with E-state index in [9.17, 15) is 18.0 Å².